The Hall–Kier alpha value is -1.46. The lowest BCUT2D eigenvalue weighted by atomic mass is 10.1. The third-order valence-electron chi connectivity index (χ3n) is 3.72. The second-order valence-corrected chi connectivity index (χ2v) is 5.43. The van der Waals surface area contributed by atoms with Crippen molar-refractivity contribution in [1.82, 2.24) is 10.2 Å². The Morgan fingerprint density at radius 1 is 1.53 bits per heavy atom. The fourth-order valence-electron chi connectivity index (χ4n) is 2.58. The lowest BCUT2D eigenvalue weighted by Gasteiger charge is -2.11. The van der Waals surface area contributed by atoms with Gasteiger partial charge in [-0.05, 0) is 45.0 Å². The summed E-state index contributed by atoms with van der Waals surface area (Å²) in [5.41, 5.74) is 1.90. The quantitative estimate of drug-likeness (QED) is 0.651. The first-order chi connectivity index (χ1) is 9.06. The maximum absolute atomic E-state index is 10.9. The molecule has 1 aliphatic rings. The van der Waals surface area contributed by atoms with Gasteiger partial charge in [0.1, 0.15) is 0 Å². The van der Waals surface area contributed by atoms with Gasteiger partial charge in [-0.1, -0.05) is 12.1 Å². The van der Waals surface area contributed by atoms with Crippen LogP contribution in [0.1, 0.15) is 17.5 Å². The highest BCUT2D eigenvalue weighted by Crippen LogP contribution is 2.19. The molecular formula is C14H21N3O2. The third-order valence-corrected chi connectivity index (χ3v) is 3.72. The number of nitrogens with zero attached hydrogens (tertiary/aromatic N) is 2. The van der Waals surface area contributed by atoms with Crippen LogP contribution in [0.2, 0.25) is 0 Å². The van der Waals surface area contributed by atoms with Gasteiger partial charge in [-0.25, -0.2) is 0 Å². The van der Waals surface area contributed by atoms with Gasteiger partial charge in [-0.15, -0.1) is 0 Å². The molecule has 1 N–H and O–H groups in total. The van der Waals surface area contributed by atoms with Crippen molar-refractivity contribution in [1.29, 1.82) is 0 Å². The number of benzene rings is 1. The van der Waals surface area contributed by atoms with Crippen molar-refractivity contribution in [3.8, 4) is 0 Å². The van der Waals surface area contributed by atoms with E-state index in [9.17, 15) is 10.1 Å². The molecule has 1 atom stereocenters. The van der Waals surface area contributed by atoms with E-state index in [0.29, 0.717) is 18.0 Å². The monoisotopic (exact) mass is 263 g/mol. The predicted octanol–water partition coefficient (Wildman–Crippen LogP) is 1.94. The molecule has 0 aliphatic carbocycles. The molecule has 1 fully saturated rings. The van der Waals surface area contributed by atoms with Crippen LogP contribution < -0.4 is 5.32 Å². The van der Waals surface area contributed by atoms with Gasteiger partial charge in [0.25, 0.3) is 5.69 Å². The Balaban J connectivity index is 1.86. The van der Waals surface area contributed by atoms with E-state index in [0.717, 1.165) is 18.7 Å². The summed E-state index contributed by atoms with van der Waals surface area (Å²) in [7, 11) is 2.14. The van der Waals surface area contributed by atoms with E-state index in [1.54, 1.807) is 13.0 Å². The maximum Gasteiger partial charge on any atom is 0.272 e. The van der Waals surface area contributed by atoms with Crippen LogP contribution in [0.4, 0.5) is 5.69 Å². The summed E-state index contributed by atoms with van der Waals surface area (Å²) >= 11 is 0. The molecule has 0 radical (unpaired) electrons. The summed E-state index contributed by atoms with van der Waals surface area (Å²) in [5, 5.41) is 14.3. The molecule has 1 aromatic carbocycles. The fraction of sp³-hybridized carbons (Fsp3) is 0.571. The molecule has 1 aliphatic heterocycles. The molecule has 0 spiro atoms. The van der Waals surface area contributed by atoms with Crippen LogP contribution >= 0.6 is 0 Å². The Morgan fingerprint density at radius 3 is 2.95 bits per heavy atom. The molecule has 1 unspecified atom stereocenters. The second kappa shape index (κ2) is 6.12. The lowest BCUT2D eigenvalue weighted by molar-refractivity contribution is -0.385. The van der Waals surface area contributed by atoms with Crippen LogP contribution in [0.15, 0.2) is 18.2 Å². The first-order valence-electron chi connectivity index (χ1n) is 6.69. The van der Waals surface area contributed by atoms with Crippen molar-refractivity contribution in [2.24, 2.45) is 5.92 Å². The summed E-state index contributed by atoms with van der Waals surface area (Å²) in [4.78, 5) is 12.9. The summed E-state index contributed by atoms with van der Waals surface area (Å²) in [6, 6.07) is 5.44. The molecule has 1 heterocycles. The van der Waals surface area contributed by atoms with E-state index < -0.39 is 0 Å². The Labute approximate surface area is 113 Å². The second-order valence-electron chi connectivity index (χ2n) is 5.43. The van der Waals surface area contributed by atoms with Crippen molar-refractivity contribution in [3.63, 3.8) is 0 Å². The smallest absolute Gasteiger partial charge is 0.272 e. The highest BCUT2D eigenvalue weighted by Gasteiger charge is 2.18. The highest BCUT2D eigenvalue weighted by molar-refractivity contribution is 5.42. The van der Waals surface area contributed by atoms with Crippen LogP contribution in [0, 0.1) is 23.0 Å². The molecule has 5 heteroatoms. The van der Waals surface area contributed by atoms with E-state index in [2.05, 4.69) is 17.3 Å². The number of rotatable bonds is 5. The van der Waals surface area contributed by atoms with Gasteiger partial charge in [0, 0.05) is 24.7 Å². The van der Waals surface area contributed by atoms with Crippen LogP contribution in [0.5, 0.6) is 0 Å². The summed E-state index contributed by atoms with van der Waals surface area (Å²) in [6.45, 7) is 5.75. The minimum Gasteiger partial charge on any atom is -0.312 e. The highest BCUT2D eigenvalue weighted by atomic mass is 16.6. The van der Waals surface area contributed by atoms with Gasteiger partial charge in [-0.3, -0.25) is 10.1 Å². The topological polar surface area (TPSA) is 58.4 Å². The lowest BCUT2D eigenvalue weighted by Crippen LogP contribution is -2.24. The van der Waals surface area contributed by atoms with Crippen LogP contribution in [-0.4, -0.2) is 36.5 Å². The van der Waals surface area contributed by atoms with Gasteiger partial charge in [-0.2, -0.15) is 0 Å². The van der Waals surface area contributed by atoms with Crippen molar-refractivity contribution in [3.05, 3.63) is 39.4 Å². The number of nitro groups is 1. The zero-order chi connectivity index (χ0) is 13.8. The molecule has 2 rings (SSSR count). The van der Waals surface area contributed by atoms with E-state index in [1.165, 1.54) is 13.0 Å². The minimum absolute atomic E-state index is 0.208. The average molecular weight is 263 g/mol. The zero-order valence-electron chi connectivity index (χ0n) is 11.6. The number of likely N-dealkylation sites (tertiary alicyclic amines) is 1. The molecule has 1 saturated heterocycles. The van der Waals surface area contributed by atoms with Crippen molar-refractivity contribution in [2.45, 2.75) is 19.9 Å². The number of nitro benzene ring substituents is 1. The van der Waals surface area contributed by atoms with Crippen LogP contribution in [0.3, 0.4) is 0 Å². The van der Waals surface area contributed by atoms with Gasteiger partial charge in [0.05, 0.1) is 4.92 Å². The standard InChI is InChI=1S/C14H21N3O2/c1-11-3-4-12(7-14(11)17(18)19)8-15-9-13-5-6-16(2)10-13/h3-4,7,13,15H,5-6,8-10H2,1-2H3. The average Bonchev–Trinajstić information content (AvgIpc) is 2.77. The van der Waals surface area contributed by atoms with Gasteiger partial charge in [0.2, 0.25) is 0 Å². The number of hydrogen-bond donors (Lipinski definition) is 1. The summed E-state index contributed by atoms with van der Waals surface area (Å²) in [6.07, 6.45) is 1.23. The first kappa shape index (κ1) is 14.0. The SMILES string of the molecule is Cc1ccc(CNCC2CCN(C)C2)cc1[N+](=O)[O-]. The van der Waals surface area contributed by atoms with E-state index in [4.69, 9.17) is 0 Å². The molecule has 0 aromatic heterocycles. The molecule has 0 amide bonds. The Kier molecular flexibility index (Phi) is 4.50. The van der Waals surface area contributed by atoms with E-state index in [1.807, 2.05) is 12.1 Å². The molecule has 0 saturated carbocycles. The first-order valence-corrected chi connectivity index (χ1v) is 6.69. The fourth-order valence-corrected chi connectivity index (χ4v) is 2.58. The molecule has 19 heavy (non-hydrogen) atoms. The Morgan fingerprint density at radius 2 is 2.32 bits per heavy atom. The number of hydrogen-bond acceptors (Lipinski definition) is 4. The zero-order valence-corrected chi connectivity index (χ0v) is 11.6. The largest absolute Gasteiger partial charge is 0.312 e. The van der Waals surface area contributed by atoms with Gasteiger partial charge < -0.3 is 10.2 Å². The molecule has 5 nitrogen and oxygen atoms in total. The summed E-state index contributed by atoms with van der Waals surface area (Å²) < 4.78 is 0. The Bertz CT molecular complexity index is 462. The molecule has 0 bridgehead atoms. The van der Waals surface area contributed by atoms with Crippen molar-refractivity contribution < 1.29 is 4.92 Å². The van der Waals surface area contributed by atoms with Gasteiger partial charge in [0.15, 0.2) is 0 Å². The molecule has 1 aromatic rings. The van der Waals surface area contributed by atoms with E-state index >= 15 is 0 Å². The normalized spacial score (nSPS) is 19.8. The summed E-state index contributed by atoms with van der Waals surface area (Å²) in [5.74, 6) is 0.699. The van der Waals surface area contributed by atoms with Crippen molar-refractivity contribution in [2.75, 3.05) is 26.7 Å². The van der Waals surface area contributed by atoms with Crippen LogP contribution in [-0.2, 0) is 6.54 Å². The number of aryl methyl sites for hydroxylation is 1. The predicted molar refractivity (Wildman–Crippen MR) is 75.1 cm³/mol. The van der Waals surface area contributed by atoms with Crippen molar-refractivity contribution >= 4 is 5.69 Å². The molecule has 104 valence electrons. The van der Waals surface area contributed by atoms with E-state index in [-0.39, 0.29) is 10.6 Å². The third kappa shape index (κ3) is 3.75. The van der Waals surface area contributed by atoms with Gasteiger partial charge >= 0.3 is 0 Å². The molecular weight excluding hydrogens is 242 g/mol. The van der Waals surface area contributed by atoms with Crippen LogP contribution in [0.25, 0.3) is 0 Å². The number of nitrogens with one attached hydrogen (secondary N) is 1. The maximum atomic E-state index is 10.9. The minimum atomic E-state index is -0.315.